The summed E-state index contributed by atoms with van der Waals surface area (Å²) in [4.78, 5) is 49.1. The number of pyridine rings is 4. The average molecular weight is 948 g/mol. The maximum absolute atomic E-state index is 13.3. The number of amides is 4. The number of nitrogens with two attached hydrogens (primary N) is 1. The zero-order valence-corrected chi connectivity index (χ0v) is 39.1. The van der Waals surface area contributed by atoms with Crippen LogP contribution < -0.4 is 31.7 Å². The van der Waals surface area contributed by atoms with Crippen LogP contribution in [0, 0.1) is 11.6 Å². The number of benzene rings is 3. The highest BCUT2D eigenvalue weighted by Crippen LogP contribution is 2.24. The molecule has 4 amide bonds. The number of nitrogens with zero attached hydrogens (tertiary/aromatic N) is 6. The molecule has 362 valence electrons. The van der Waals surface area contributed by atoms with E-state index in [0.29, 0.717) is 90.0 Å². The maximum Gasteiger partial charge on any atom is 0.320 e. The number of unbranched alkanes of at least 4 members (excludes halogenated alkanes) is 1. The quantitative estimate of drug-likeness (QED) is 0.0349. The number of hydrogen-bond donors (Lipinski definition) is 5. The molecule has 14 nitrogen and oxygen atoms in total. The highest BCUT2D eigenvalue weighted by Gasteiger charge is 2.17. The predicted octanol–water partition coefficient (Wildman–Crippen LogP) is 8.80. The number of anilines is 2. The molecule has 3 aromatic carbocycles. The van der Waals surface area contributed by atoms with Crippen LogP contribution in [0.1, 0.15) is 57.9 Å². The molecule has 0 aliphatic heterocycles. The summed E-state index contributed by atoms with van der Waals surface area (Å²) in [6.45, 7) is 4.83. The minimum atomic E-state index is -0.385. The number of aromatic nitrogens is 4. The summed E-state index contributed by atoms with van der Waals surface area (Å²) in [5.41, 5.74) is 13.0. The van der Waals surface area contributed by atoms with Gasteiger partial charge in [0, 0.05) is 64.8 Å². The summed E-state index contributed by atoms with van der Waals surface area (Å²) in [7, 11) is 0. The number of halogens is 2. The Bertz CT molecular complexity index is 2520. The number of nitrogens with one attached hydrogen (secondary N) is 4. The molecule has 0 unspecified atom stereocenters. The van der Waals surface area contributed by atoms with Crippen molar-refractivity contribution in [2.45, 2.75) is 65.0 Å². The fourth-order valence-corrected chi connectivity index (χ4v) is 7.72. The van der Waals surface area contributed by atoms with Gasteiger partial charge in [-0.15, -0.1) is 0 Å². The van der Waals surface area contributed by atoms with Crippen molar-refractivity contribution >= 4 is 23.7 Å². The van der Waals surface area contributed by atoms with E-state index in [9.17, 15) is 18.4 Å². The molecule has 4 heterocycles. The Hall–Kier alpha value is -7.66. The van der Waals surface area contributed by atoms with Crippen LogP contribution in [0.4, 0.5) is 30.0 Å². The number of ether oxygens (including phenoxy) is 1. The SMILES string of the molecule is NCCCCOc1cc(CN(Cc2ccccn2)Cc2cccc(NC(=O)NCCc3ccc(F)cc3)n2)cc(CN(Cc2ccccn2)Cc2cccc(NC(=O)NCCc3ccc(F)cc3)n2)c1. The van der Waals surface area contributed by atoms with Crippen LogP contribution in [-0.4, -0.2) is 68.0 Å². The minimum Gasteiger partial charge on any atom is -0.494 e. The fourth-order valence-electron chi connectivity index (χ4n) is 7.72. The fraction of sp³-hybridized carbons (Fsp3) is 0.259. The summed E-state index contributed by atoms with van der Waals surface area (Å²) in [5.74, 6) is 0.963. The van der Waals surface area contributed by atoms with Gasteiger partial charge in [0.1, 0.15) is 29.0 Å². The summed E-state index contributed by atoms with van der Waals surface area (Å²) < 4.78 is 33.1. The monoisotopic (exact) mass is 947 g/mol. The van der Waals surface area contributed by atoms with Crippen molar-refractivity contribution < 1.29 is 23.1 Å². The van der Waals surface area contributed by atoms with Crippen molar-refractivity contribution in [1.82, 2.24) is 40.4 Å². The van der Waals surface area contributed by atoms with E-state index in [2.05, 4.69) is 59.2 Å². The lowest BCUT2D eigenvalue weighted by Crippen LogP contribution is -2.31. The Kier molecular flexibility index (Phi) is 19.2. The van der Waals surface area contributed by atoms with E-state index in [0.717, 1.165) is 63.6 Å². The molecule has 0 aliphatic rings. The van der Waals surface area contributed by atoms with Crippen LogP contribution in [0.3, 0.4) is 0 Å². The van der Waals surface area contributed by atoms with E-state index in [1.54, 1.807) is 48.8 Å². The lowest BCUT2D eigenvalue weighted by atomic mass is 10.1. The molecule has 4 aromatic heterocycles. The van der Waals surface area contributed by atoms with Crippen LogP contribution in [0.25, 0.3) is 0 Å². The largest absolute Gasteiger partial charge is 0.494 e. The predicted molar refractivity (Wildman–Crippen MR) is 267 cm³/mol. The van der Waals surface area contributed by atoms with E-state index in [1.165, 1.54) is 24.3 Å². The van der Waals surface area contributed by atoms with Gasteiger partial charge in [-0.05, 0) is 139 Å². The van der Waals surface area contributed by atoms with Crippen LogP contribution in [0.2, 0.25) is 0 Å². The Morgan fingerprint density at radius 3 is 1.41 bits per heavy atom. The molecule has 0 radical (unpaired) electrons. The minimum absolute atomic E-state index is 0.301. The summed E-state index contributed by atoms with van der Waals surface area (Å²) >= 11 is 0. The van der Waals surface area contributed by atoms with Crippen molar-refractivity contribution in [2.24, 2.45) is 5.73 Å². The maximum atomic E-state index is 13.3. The second kappa shape index (κ2) is 26.8. The van der Waals surface area contributed by atoms with Gasteiger partial charge in [0.05, 0.1) is 29.4 Å². The van der Waals surface area contributed by atoms with Crippen LogP contribution in [0.5, 0.6) is 5.75 Å². The molecule has 0 saturated carbocycles. The number of hydrogen-bond acceptors (Lipinski definition) is 10. The molecule has 7 aromatic rings. The van der Waals surface area contributed by atoms with Gasteiger partial charge in [0.15, 0.2) is 0 Å². The van der Waals surface area contributed by atoms with Gasteiger partial charge in [-0.2, -0.15) is 0 Å². The molecule has 0 spiro atoms. The zero-order chi connectivity index (χ0) is 48.8. The summed E-state index contributed by atoms with van der Waals surface area (Å²) in [6, 6.07) is 40.8. The van der Waals surface area contributed by atoms with E-state index >= 15 is 0 Å². The first-order valence-corrected chi connectivity index (χ1v) is 23.4. The van der Waals surface area contributed by atoms with E-state index in [1.807, 2.05) is 60.7 Å². The third-order valence-corrected chi connectivity index (χ3v) is 11.0. The average Bonchev–Trinajstić information content (AvgIpc) is 3.35. The first-order chi connectivity index (χ1) is 34.2. The van der Waals surface area contributed by atoms with Crippen molar-refractivity contribution in [2.75, 3.05) is 36.9 Å². The molecule has 16 heteroatoms. The summed E-state index contributed by atoms with van der Waals surface area (Å²) in [6.07, 6.45) is 6.34. The standard InChI is InChI=1S/C54H59F2N11O3/c55-44-19-15-40(16-20-44)23-28-60-53(68)64-51-13-7-11-48(62-51)38-66(36-46-9-1-4-26-58-46)34-42-31-43(33-50(32-42)70-30-6-3-25-57)35-67(37-47-10-2-5-27-59-47)39-49-12-8-14-52(63-49)65-54(69)61-29-24-41-17-21-45(56)22-18-41/h1-2,4-5,7-22,26-27,31-33H,3,6,23-25,28-30,34-39,57H2,(H2,60,62,64,68)(H2,61,63,65,69). The van der Waals surface area contributed by atoms with E-state index in [4.69, 9.17) is 20.4 Å². The Labute approximate surface area is 407 Å². The Morgan fingerprint density at radius 2 is 0.971 bits per heavy atom. The highest BCUT2D eigenvalue weighted by atomic mass is 19.1. The zero-order valence-electron chi connectivity index (χ0n) is 39.1. The third-order valence-electron chi connectivity index (χ3n) is 11.0. The van der Waals surface area contributed by atoms with Gasteiger partial charge < -0.3 is 21.1 Å². The van der Waals surface area contributed by atoms with Gasteiger partial charge in [0.2, 0.25) is 0 Å². The Morgan fingerprint density at radius 1 is 0.514 bits per heavy atom. The third kappa shape index (κ3) is 17.5. The molecule has 7 rings (SSSR count). The lowest BCUT2D eigenvalue weighted by molar-refractivity contribution is 0.236. The lowest BCUT2D eigenvalue weighted by Gasteiger charge is -2.25. The smallest absolute Gasteiger partial charge is 0.320 e. The summed E-state index contributed by atoms with van der Waals surface area (Å²) in [5, 5.41) is 11.4. The van der Waals surface area contributed by atoms with Gasteiger partial charge in [-0.3, -0.25) is 30.4 Å². The first-order valence-electron chi connectivity index (χ1n) is 23.4. The molecule has 0 atom stereocenters. The molecule has 0 fully saturated rings. The second-order valence-electron chi connectivity index (χ2n) is 16.8. The molecule has 0 bridgehead atoms. The van der Waals surface area contributed by atoms with Crippen molar-refractivity contribution in [3.63, 3.8) is 0 Å². The van der Waals surface area contributed by atoms with Gasteiger partial charge in [-0.1, -0.05) is 54.6 Å². The van der Waals surface area contributed by atoms with Gasteiger partial charge >= 0.3 is 12.1 Å². The number of rotatable bonds is 25. The molecule has 70 heavy (non-hydrogen) atoms. The normalized spacial score (nSPS) is 11.1. The highest BCUT2D eigenvalue weighted by molar-refractivity contribution is 5.88. The Balaban J connectivity index is 1.07. The molecule has 6 N–H and O–H groups in total. The van der Waals surface area contributed by atoms with Crippen molar-refractivity contribution in [3.8, 4) is 5.75 Å². The topological polar surface area (TPSA) is 176 Å². The second-order valence-corrected chi connectivity index (χ2v) is 16.8. The molecular weight excluding hydrogens is 889 g/mol. The van der Waals surface area contributed by atoms with Crippen molar-refractivity contribution in [3.05, 3.63) is 209 Å². The number of carbonyl (C=O) groups is 2. The number of urea groups is 2. The van der Waals surface area contributed by atoms with Crippen LogP contribution in [0.15, 0.2) is 152 Å². The molecule has 0 aliphatic carbocycles. The van der Waals surface area contributed by atoms with E-state index in [-0.39, 0.29) is 23.7 Å². The van der Waals surface area contributed by atoms with Crippen molar-refractivity contribution in [1.29, 1.82) is 0 Å². The van der Waals surface area contributed by atoms with Crippen LogP contribution in [-0.2, 0) is 52.1 Å². The van der Waals surface area contributed by atoms with Crippen LogP contribution >= 0.6 is 0 Å². The van der Waals surface area contributed by atoms with E-state index < -0.39 is 0 Å². The molecular formula is C54H59F2N11O3. The number of carbonyl (C=O) groups excluding carboxylic acids is 2. The molecule has 0 saturated heterocycles. The van der Waals surface area contributed by atoms with Gasteiger partial charge in [-0.25, -0.2) is 28.3 Å². The first kappa shape index (κ1) is 50.2. The van der Waals surface area contributed by atoms with Gasteiger partial charge in [0.25, 0.3) is 0 Å².